The molecule has 1 unspecified atom stereocenters. The molecule has 1 saturated carbocycles. The second-order valence-corrected chi connectivity index (χ2v) is 10.5. The van der Waals surface area contributed by atoms with Crippen molar-refractivity contribution >= 4 is 27.5 Å². The topological polar surface area (TPSA) is 32.3 Å². The zero-order valence-corrected chi connectivity index (χ0v) is 21.2. The quantitative estimate of drug-likeness (QED) is 0.346. The fraction of sp³-hybridized carbons (Fsp3) is 0.480. The molecular weight excluding hydrogens is 595 g/mol. The van der Waals surface area contributed by atoms with Gasteiger partial charge in [0.2, 0.25) is 5.91 Å². The highest BCUT2D eigenvalue weighted by Gasteiger charge is 2.60. The maximum atomic E-state index is 14.4. The second-order valence-electron chi connectivity index (χ2n) is 9.64. The molecule has 0 spiro atoms. The number of anilines is 1. The first-order chi connectivity index (χ1) is 17.5. The fourth-order valence-electron chi connectivity index (χ4n) is 4.64. The van der Waals surface area contributed by atoms with E-state index < -0.39 is 53.6 Å². The number of amides is 1. The van der Waals surface area contributed by atoms with Crippen molar-refractivity contribution in [2.75, 3.05) is 24.5 Å². The molecule has 2 aromatic carbocycles. The molecule has 4 rings (SSSR count). The van der Waals surface area contributed by atoms with Gasteiger partial charge in [-0.3, -0.25) is 4.79 Å². The molecule has 1 saturated heterocycles. The van der Waals surface area contributed by atoms with Crippen molar-refractivity contribution < 1.29 is 44.3 Å². The molecule has 3 nitrogen and oxygen atoms in total. The summed E-state index contributed by atoms with van der Waals surface area (Å²) in [4.78, 5) is 13.1. The van der Waals surface area contributed by atoms with Crippen LogP contribution >= 0.6 is 15.9 Å². The summed E-state index contributed by atoms with van der Waals surface area (Å²) in [5.41, 5.74) is -6.48. The molecule has 2 aromatic rings. The van der Waals surface area contributed by atoms with E-state index in [1.807, 2.05) is 0 Å². The van der Waals surface area contributed by atoms with Gasteiger partial charge in [0.1, 0.15) is 5.41 Å². The van der Waals surface area contributed by atoms with E-state index in [9.17, 15) is 44.3 Å². The van der Waals surface area contributed by atoms with E-state index in [-0.39, 0.29) is 36.6 Å². The molecule has 1 aliphatic carbocycles. The van der Waals surface area contributed by atoms with Crippen LogP contribution in [0.1, 0.15) is 41.5 Å². The summed E-state index contributed by atoms with van der Waals surface area (Å²) in [6.07, 6.45) is -14.2. The molecule has 208 valence electrons. The van der Waals surface area contributed by atoms with Crippen LogP contribution in [0.25, 0.3) is 0 Å². The van der Waals surface area contributed by atoms with Gasteiger partial charge < -0.3 is 10.2 Å². The van der Waals surface area contributed by atoms with E-state index >= 15 is 0 Å². The Morgan fingerprint density at radius 2 is 1.55 bits per heavy atom. The summed E-state index contributed by atoms with van der Waals surface area (Å²) in [5.74, 6) is 0.0236. The van der Waals surface area contributed by atoms with E-state index in [0.717, 1.165) is 18.4 Å². The summed E-state index contributed by atoms with van der Waals surface area (Å²) in [6, 6.07) is 4.91. The maximum absolute atomic E-state index is 14.4. The smallest absolute Gasteiger partial charge is 0.370 e. The Morgan fingerprint density at radius 1 is 0.947 bits per heavy atom. The zero-order chi connectivity index (χ0) is 28.1. The molecular formula is C25H22BrF9N2O. The third kappa shape index (κ3) is 5.91. The normalized spacial score (nSPS) is 20.6. The molecule has 2 aliphatic rings. The second kappa shape index (κ2) is 9.95. The Balaban J connectivity index is 1.61. The highest BCUT2D eigenvalue weighted by Crippen LogP contribution is 2.50. The third-order valence-electron chi connectivity index (χ3n) is 7.00. The highest BCUT2D eigenvalue weighted by atomic mass is 79.9. The Kier molecular flexibility index (Phi) is 7.48. The molecule has 38 heavy (non-hydrogen) atoms. The number of rotatable bonds is 6. The lowest BCUT2D eigenvalue weighted by atomic mass is 9.77. The minimum absolute atomic E-state index is 0.0263. The van der Waals surface area contributed by atoms with Crippen LogP contribution in [0, 0.1) is 5.92 Å². The maximum Gasteiger partial charge on any atom is 0.416 e. The standard InChI is InChI=1S/C25H22BrF9N2O/c26-20-12-19(4-3-14(20)5-7-36-21(38)15-1-2-15)37-8-6-22(13-37,25(33,34)35)16-9-17(23(27,28)29)11-18(10-16)24(30,31)32/h3-4,9-12,15H,1-2,5-8,13H2,(H,36,38). The van der Waals surface area contributed by atoms with Crippen LogP contribution in [0.15, 0.2) is 40.9 Å². The predicted molar refractivity (Wildman–Crippen MR) is 125 cm³/mol. The number of hydrogen-bond donors (Lipinski definition) is 1. The van der Waals surface area contributed by atoms with E-state index in [1.165, 1.54) is 4.90 Å². The average molecular weight is 617 g/mol. The number of nitrogens with one attached hydrogen (secondary N) is 1. The summed E-state index contributed by atoms with van der Waals surface area (Å²) in [5, 5.41) is 2.81. The van der Waals surface area contributed by atoms with E-state index in [4.69, 9.17) is 0 Å². The minimum atomic E-state index is -5.26. The van der Waals surface area contributed by atoms with Gasteiger partial charge in [0.25, 0.3) is 0 Å². The monoisotopic (exact) mass is 616 g/mol. The van der Waals surface area contributed by atoms with Crippen LogP contribution in [0.2, 0.25) is 0 Å². The first-order valence-electron chi connectivity index (χ1n) is 11.7. The van der Waals surface area contributed by atoms with Crippen LogP contribution in [-0.2, 0) is 29.0 Å². The Bertz CT molecular complexity index is 1170. The summed E-state index contributed by atoms with van der Waals surface area (Å²) in [6.45, 7) is -0.718. The van der Waals surface area contributed by atoms with Crippen LogP contribution in [0.5, 0.6) is 0 Å². The first kappa shape index (κ1) is 28.6. The van der Waals surface area contributed by atoms with Crippen LogP contribution in [0.4, 0.5) is 45.2 Å². The molecule has 1 N–H and O–H groups in total. The van der Waals surface area contributed by atoms with Crippen molar-refractivity contribution in [2.24, 2.45) is 5.92 Å². The van der Waals surface area contributed by atoms with Gasteiger partial charge in [-0.15, -0.1) is 0 Å². The molecule has 13 heteroatoms. The lowest BCUT2D eigenvalue weighted by Crippen LogP contribution is -2.45. The molecule has 1 atom stereocenters. The van der Waals surface area contributed by atoms with Gasteiger partial charge in [-0.05, 0) is 67.1 Å². The van der Waals surface area contributed by atoms with Gasteiger partial charge in [-0.25, -0.2) is 0 Å². The Hall–Kier alpha value is -2.44. The molecule has 0 radical (unpaired) electrons. The number of benzene rings is 2. The number of halogens is 10. The molecule has 1 aliphatic heterocycles. The summed E-state index contributed by atoms with van der Waals surface area (Å²) < 4.78 is 124. The van der Waals surface area contributed by atoms with Gasteiger partial charge in [0, 0.05) is 35.7 Å². The van der Waals surface area contributed by atoms with E-state index in [0.29, 0.717) is 23.1 Å². The number of carbonyl (C=O) groups excluding carboxylic acids is 1. The van der Waals surface area contributed by atoms with Crippen molar-refractivity contribution in [1.82, 2.24) is 5.32 Å². The Labute approximate surface area is 220 Å². The number of carbonyl (C=O) groups is 1. The number of alkyl halides is 9. The van der Waals surface area contributed by atoms with Gasteiger partial charge in [-0.2, -0.15) is 39.5 Å². The number of nitrogens with zero attached hydrogens (tertiary/aromatic N) is 1. The van der Waals surface area contributed by atoms with Gasteiger partial charge >= 0.3 is 18.5 Å². The van der Waals surface area contributed by atoms with Crippen molar-refractivity contribution in [3.63, 3.8) is 0 Å². The molecule has 1 heterocycles. The molecule has 0 aromatic heterocycles. The lowest BCUT2D eigenvalue weighted by molar-refractivity contribution is -0.185. The molecule has 1 amide bonds. The Morgan fingerprint density at radius 3 is 2.05 bits per heavy atom. The SMILES string of the molecule is O=C(NCCc1ccc(N2CCC(c3cc(C(F)(F)F)cc(C(F)(F)F)c3)(C(F)(F)F)C2)cc1Br)C1CC1. The van der Waals surface area contributed by atoms with Crippen molar-refractivity contribution in [2.45, 2.75) is 49.6 Å². The number of hydrogen-bond acceptors (Lipinski definition) is 2. The zero-order valence-electron chi connectivity index (χ0n) is 19.6. The van der Waals surface area contributed by atoms with Gasteiger partial charge in [0.05, 0.1) is 11.1 Å². The van der Waals surface area contributed by atoms with E-state index in [1.54, 1.807) is 18.2 Å². The van der Waals surface area contributed by atoms with Crippen molar-refractivity contribution in [3.05, 3.63) is 63.1 Å². The highest BCUT2D eigenvalue weighted by molar-refractivity contribution is 9.10. The van der Waals surface area contributed by atoms with Gasteiger partial charge in [0.15, 0.2) is 0 Å². The fourth-order valence-corrected chi connectivity index (χ4v) is 5.20. The predicted octanol–water partition coefficient (Wildman–Crippen LogP) is 7.27. The van der Waals surface area contributed by atoms with E-state index in [2.05, 4.69) is 21.2 Å². The van der Waals surface area contributed by atoms with Crippen molar-refractivity contribution in [3.8, 4) is 0 Å². The van der Waals surface area contributed by atoms with Crippen LogP contribution in [0.3, 0.4) is 0 Å². The first-order valence-corrected chi connectivity index (χ1v) is 12.5. The van der Waals surface area contributed by atoms with Crippen LogP contribution in [-0.4, -0.2) is 31.7 Å². The van der Waals surface area contributed by atoms with Gasteiger partial charge in [-0.1, -0.05) is 22.0 Å². The average Bonchev–Trinajstić information content (AvgIpc) is 3.55. The minimum Gasteiger partial charge on any atom is -0.370 e. The largest absolute Gasteiger partial charge is 0.416 e. The summed E-state index contributed by atoms with van der Waals surface area (Å²) >= 11 is 3.37. The van der Waals surface area contributed by atoms with Crippen molar-refractivity contribution in [1.29, 1.82) is 0 Å². The lowest BCUT2D eigenvalue weighted by Gasteiger charge is -2.33. The molecule has 2 fully saturated rings. The molecule has 0 bridgehead atoms. The third-order valence-corrected chi connectivity index (χ3v) is 7.73. The van der Waals surface area contributed by atoms with Crippen LogP contribution < -0.4 is 10.2 Å². The summed E-state index contributed by atoms with van der Waals surface area (Å²) in [7, 11) is 0.